The van der Waals surface area contributed by atoms with Crippen LogP contribution in [0.1, 0.15) is 11.4 Å². The van der Waals surface area contributed by atoms with E-state index in [0.717, 1.165) is 17.7 Å². The van der Waals surface area contributed by atoms with Crippen molar-refractivity contribution >= 4 is 40.9 Å². The number of fused-ring (bicyclic) bond motifs is 2. The first-order chi connectivity index (χ1) is 15.1. The quantitative estimate of drug-likeness (QED) is 0.364. The Morgan fingerprint density at radius 2 is 1.48 bits per heavy atom. The van der Waals surface area contributed by atoms with Crippen molar-refractivity contribution in [3.63, 3.8) is 0 Å². The number of hydrogen-bond acceptors (Lipinski definition) is 7. The summed E-state index contributed by atoms with van der Waals surface area (Å²) in [7, 11) is 0. The molecule has 0 radical (unpaired) electrons. The zero-order valence-corrected chi connectivity index (χ0v) is 16.3. The Hall–Kier alpha value is -4.33. The summed E-state index contributed by atoms with van der Waals surface area (Å²) in [5.41, 5.74) is 2.67. The van der Waals surface area contributed by atoms with Crippen LogP contribution in [0.3, 0.4) is 0 Å². The average Bonchev–Trinajstić information content (AvgIpc) is 3.12. The second-order valence-corrected chi connectivity index (χ2v) is 7.18. The number of hydrogen-bond donors (Lipinski definition) is 0. The summed E-state index contributed by atoms with van der Waals surface area (Å²) in [6, 6.07) is 17.8. The van der Waals surface area contributed by atoms with Gasteiger partial charge in [0.1, 0.15) is 5.69 Å². The van der Waals surface area contributed by atoms with Crippen molar-refractivity contribution in [1.29, 1.82) is 0 Å². The molecule has 0 amide bonds. The lowest BCUT2D eigenvalue weighted by Crippen LogP contribution is -2.39. The molecule has 152 valence electrons. The molecule has 31 heavy (non-hydrogen) atoms. The van der Waals surface area contributed by atoms with Crippen LogP contribution in [-0.2, 0) is 4.79 Å². The lowest BCUT2D eigenvalue weighted by atomic mass is 9.98. The van der Waals surface area contributed by atoms with Crippen LogP contribution in [0.2, 0.25) is 0 Å². The Balaban J connectivity index is 1.75. The molecule has 2 heterocycles. The Morgan fingerprint density at radius 1 is 0.935 bits per heavy atom. The van der Waals surface area contributed by atoms with Gasteiger partial charge in [0, 0.05) is 16.3 Å². The lowest BCUT2D eigenvalue weighted by Gasteiger charge is -2.27. The van der Waals surface area contributed by atoms with Crippen molar-refractivity contribution in [3.05, 3.63) is 94.8 Å². The van der Waals surface area contributed by atoms with Crippen LogP contribution in [0.15, 0.2) is 73.3 Å². The van der Waals surface area contributed by atoms with Crippen molar-refractivity contribution in [1.82, 2.24) is 9.97 Å². The van der Waals surface area contributed by atoms with E-state index in [-0.39, 0.29) is 5.57 Å². The molecule has 0 bridgehead atoms. The molecule has 1 aromatic heterocycles. The molecule has 5 rings (SSSR count). The molecule has 0 saturated heterocycles. The molecule has 8 heteroatoms. The Bertz CT molecular complexity index is 1230. The van der Waals surface area contributed by atoms with Gasteiger partial charge in [-0.1, -0.05) is 43.0 Å². The minimum Gasteiger partial charge on any atom is -0.299 e. The molecule has 2 atom stereocenters. The topological polar surface area (TPSA) is 92.5 Å². The fourth-order valence-corrected chi connectivity index (χ4v) is 3.96. The predicted molar refractivity (Wildman–Crippen MR) is 118 cm³/mol. The number of aldehydes is 1. The highest BCUT2D eigenvalue weighted by Gasteiger charge is 2.42. The molecular formula is C23H17N5O3. The standard InChI is InChI=1S/C23H17N5O3/c1-15-19(28(30)31)13-12-18-21(15)25-23-22(24-18)26(16-8-4-2-5-9-16)20(14-29)27(23)17-10-6-3-7-11-17/h2-14,19-20H,1H2. The van der Waals surface area contributed by atoms with E-state index in [1.54, 1.807) is 11.0 Å². The van der Waals surface area contributed by atoms with Gasteiger partial charge in [-0.3, -0.25) is 24.7 Å². The number of para-hydroxylation sites is 2. The highest BCUT2D eigenvalue weighted by Crippen LogP contribution is 2.46. The number of nitrogens with zero attached hydrogens (tertiary/aromatic N) is 5. The maximum atomic E-state index is 12.3. The first kappa shape index (κ1) is 18.7. The number of benzene rings is 2. The van der Waals surface area contributed by atoms with Gasteiger partial charge in [-0.2, -0.15) is 0 Å². The first-order valence-corrected chi connectivity index (χ1v) is 9.67. The van der Waals surface area contributed by atoms with Crippen LogP contribution < -0.4 is 9.80 Å². The molecule has 1 aliphatic heterocycles. The molecule has 2 unspecified atom stereocenters. The third kappa shape index (κ3) is 2.88. The average molecular weight is 411 g/mol. The molecule has 0 N–H and O–H groups in total. The summed E-state index contributed by atoms with van der Waals surface area (Å²) in [6.45, 7) is 3.90. The second-order valence-electron chi connectivity index (χ2n) is 7.18. The van der Waals surface area contributed by atoms with E-state index in [1.165, 1.54) is 6.08 Å². The Labute approximate surface area is 177 Å². The van der Waals surface area contributed by atoms with Crippen molar-refractivity contribution in [2.24, 2.45) is 0 Å². The van der Waals surface area contributed by atoms with Crippen molar-refractivity contribution < 1.29 is 9.72 Å². The van der Waals surface area contributed by atoms with E-state index in [4.69, 9.17) is 9.97 Å². The van der Waals surface area contributed by atoms with Crippen LogP contribution in [-0.4, -0.2) is 33.4 Å². The smallest absolute Gasteiger partial charge is 0.258 e. The summed E-state index contributed by atoms with van der Waals surface area (Å²) in [5.74, 6) is 0.951. The Morgan fingerprint density at radius 3 is 2.00 bits per heavy atom. The summed E-state index contributed by atoms with van der Waals surface area (Å²) in [5, 5.41) is 11.4. The number of rotatable bonds is 4. The van der Waals surface area contributed by atoms with Crippen LogP contribution in [0.5, 0.6) is 0 Å². The number of aromatic nitrogens is 2. The summed E-state index contributed by atoms with van der Waals surface area (Å²) in [4.78, 5) is 36.4. The minimum atomic E-state index is -1.06. The van der Waals surface area contributed by atoms with E-state index in [9.17, 15) is 14.9 Å². The molecular weight excluding hydrogens is 394 g/mol. The van der Waals surface area contributed by atoms with Crippen LogP contribution in [0.25, 0.3) is 11.6 Å². The maximum absolute atomic E-state index is 12.3. The third-order valence-corrected chi connectivity index (χ3v) is 5.39. The van der Waals surface area contributed by atoms with E-state index in [1.807, 2.05) is 65.6 Å². The van der Waals surface area contributed by atoms with E-state index >= 15 is 0 Å². The largest absolute Gasteiger partial charge is 0.299 e. The monoisotopic (exact) mass is 411 g/mol. The first-order valence-electron chi connectivity index (χ1n) is 9.67. The van der Waals surface area contributed by atoms with Gasteiger partial charge in [0.2, 0.25) is 0 Å². The number of carbonyl (C=O) groups is 1. The third-order valence-electron chi connectivity index (χ3n) is 5.39. The highest BCUT2D eigenvalue weighted by atomic mass is 16.6. The van der Waals surface area contributed by atoms with Crippen LogP contribution >= 0.6 is 0 Å². The van der Waals surface area contributed by atoms with Gasteiger partial charge < -0.3 is 0 Å². The van der Waals surface area contributed by atoms with E-state index in [2.05, 4.69) is 6.58 Å². The van der Waals surface area contributed by atoms with Gasteiger partial charge in [-0.05, 0) is 36.4 Å². The molecule has 0 fully saturated rings. The van der Waals surface area contributed by atoms with Gasteiger partial charge in [-0.25, -0.2) is 9.97 Å². The summed E-state index contributed by atoms with van der Waals surface area (Å²) < 4.78 is 0. The molecule has 2 aliphatic rings. The number of nitro groups is 1. The number of carbonyl (C=O) groups excluding carboxylic acids is 1. The molecule has 0 saturated carbocycles. The van der Waals surface area contributed by atoms with Gasteiger partial charge in [0.05, 0.1) is 11.3 Å². The minimum absolute atomic E-state index is 0.270. The van der Waals surface area contributed by atoms with Gasteiger partial charge >= 0.3 is 0 Å². The van der Waals surface area contributed by atoms with Gasteiger partial charge in [-0.15, -0.1) is 0 Å². The zero-order valence-electron chi connectivity index (χ0n) is 16.3. The molecule has 1 aliphatic carbocycles. The highest BCUT2D eigenvalue weighted by molar-refractivity contribution is 5.93. The predicted octanol–water partition coefficient (Wildman–Crippen LogP) is 3.98. The summed E-state index contributed by atoms with van der Waals surface area (Å²) >= 11 is 0. The molecule has 0 spiro atoms. The molecule has 3 aromatic rings. The molecule has 2 aromatic carbocycles. The van der Waals surface area contributed by atoms with Gasteiger partial charge in [0.15, 0.2) is 24.1 Å². The summed E-state index contributed by atoms with van der Waals surface area (Å²) in [6.07, 6.45) is 3.17. The fraction of sp³-hybridized carbons (Fsp3) is 0.0870. The van der Waals surface area contributed by atoms with Crippen LogP contribution in [0.4, 0.5) is 23.0 Å². The Kier molecular flexibility index (Phi) is 4.32. The fourth-order valence-electron chi connectivity index (χ4n) is 3.96. The lowest BCUT2D eigenvalue weighted by molar-refractivity contribution is -0.493. The SMILES string of the molecule is C=C1c2nc3c(nc2C=CC1[N+](=O)[O-])N(c1ccccc1)C(C=O)N3c1ccccc1. The van der Waals surface area contributed by atoms with E-state index < -0.39 is 17.1 Å². The zero-order chi connectivity index (χ0) is 21.5. The maximum Gasteiger partial charge on any atom is 0.258 e. The van der Waals surface area contributed by atoms with Gasteiger partial charge in [0.25, 0.3) is 6.04 Å². The van der Waals surface area contributed by atoms with Crippen molar-refractivity contribution in [2.75, 3.05) is 9.80 Å². The van der Waals surface area contributed by atoms with Crippen molar-refractivity contribution in [2.45, 2.75) is 12.2 Å². The van der Waals surface area contributed by atoms with Crippen LogP contribution in [0, 0.1) is 10.1 Å². The normalized spacial score (nSPS) is 19.2. The number of anilines is 4. The molecule has 8 nitrogen and oxygen atoms in total. The van der Waals surface area contributed by atoms with Crippen molar-refractivity contribution in [3.8, 4) is 0 Å². The second kappa shape index (κ2) is 7.17. The van der Waals surface area contributed by atoms with E-state index in [0.29, 0.717) is 23.0 Å².